The zero-order chi connectivity index (χ0) is 15.6. The Hall–Kier alpha value is -1.23. The maximum atomic E-state index is 10.7. The molecule has 3 nitrogen and oxygen atoms in total. The minimum Gasteiger partial charge on any atom is -0.496 e. The van der Waals surface area contributed by atoms with E-state index >= 15 is 0 Å². The van der Waals surface area contributed by atoms with Crippen LogP contribution in [0, 0.1) is 6.92 Å². The lowest BCUT2D eigenvalue weighted by Gasteiger charge is -2.19. The lowest BCUT2D eigenvalue weighted by molar-refractivity contribution is 0.209. The zero-order valence-electron chi connectivity index (χ0n) is 12.0. The number of aryl methyl sites for hydroxylation is 1. The Kier molecular flexibility index (Phi) is 5.14. The van der Waals surface area contributed by atoms with Gasteiger partial charge in [-0.15, -0.1) is 0 Å². The Morgan fingerprint density at radius 3 is 2.29 bits per heavy atom. The summed E-state index contributed by atoms with van der Waals surface area (Å²) in [5.74, 6) is 1.16. The number of methoxy groups -OCH3 is 2. The van der Waals surface area contributed by atoms with Crippen molar-refractivity contribution in [3.05, 3.63) is 56.5 Å². The molecule has 2 rings (SSSR count). The molecule has 0 saturated carbocycles. The molecule has 2 aromatic carbocycles. The standard InChI is InChI=1S/C16H16BrClO3/c1-9-6-14(20-2)12(8-13(9)17)16(19)11-5-4-10(18)7-15(11)21-3/h4-8,16,19H,1-3H3. The largest absolute Gasteiger partial charge is 0.496 e. The summed E-state index contributed by atoms with van der Waals surface area (Å²) in [4.78, 5) is 0. The molecule has 1 unspecified atom stereocenters. The molecule has 0 aromatic heterocycles. The van der Waals surface area contributed by atoms with Crippen LogP contribution in [-0.4, -0.2) is 19.3 Å². The molecule has 0 radical (unpaired) electrons. The predicted molar refractivity (Wildman–Crippen MR) is 87.5 cm³/mol. The third kappa shape index (κ3) is 3.34. The fourth-order valence-corrected chi connectivity index (χ4v) is 2.66. The number of rotatable bonds is 4. The van der Waals surface area contributed by atoms with Crippen LogP contribution in [0.2, 0.25) is 5.02 Å². The van der Waals surface area contributed by atoms with E-state index in [0.717, 1.165) is 10.0 Å². The second-order valence-corrected chi connectivity index (χ2v) is 5.92. The van der Waals surface area contributed by atoms with E-state index in [4.69, 9.17) is 21.1 Å². The van der Waals surface area contributed by atoms with Gasteiger partial charge in [0.2, 0.25) is 0 Å². The lowest BCUT2D eigenvalue weighted by Crippen LogP contribution is -2.05. The third-order valence-corrected chi connectivity index (χ3v) is 4.39. The van der Waals surface area contributed by atoms with Gasteiger partial charge in [-0.1, -0.05) is 33.6 Å². The van der Waals surface area contributed by atoms with Crippen LogP contribution in [0.15, 0.2) is 34.8 Å². The van der Waals surface area contributed by atoms with Crippen molar-refractivity contribution in [2.24, 2.45) is 0 Å². The molecule has 0 bridgehead atoms. The summed E-state index contributed by atoms with van der Waals surface area (Å²) < 4.78 is 11.6. The monoisotopic (exact) mass is 370 g/mol. The minimum atomic E-state index is -0.871. The first kappa shape index (κ1) is 16.1. The molecule has 0 aliphatic carbocycles. The third-order valence-electron chi connectivity index (χ3n) is 3.30. The lowest BCUT2D eigenvalue weighted by atomic mass is 9.98. The molecular formula is C16H16BrClO3. The van der Waals surface area contributed by atoms with Crippen molar-refractivity contribution < 1.29 is 14.6 Å². The van der Waals surface area contributed by atoms with Gasteiger partial charge in [0.15, 0.2) is 0 Å². The number of aliphatic hydroxyl groups excluding tert-OH is 1. The summed E-state index contributed by atoms with van der Waals surface area (Å²) in [7, 11) is 3.13. The molecule has 1 N–H and O–H groups in total. The molecule has 0 aliphatic rings. The Morgan fingerprint density at radius 2 is 1.67 bits per heavy atom. The fraction of sp³-hybridized carbons (Fsp3) is 0.250. The van der Waals surface area contributed by atoms with Crippen LogP contribution >= 0.6 is 27.5 Å². The van der Waals surface area contributed by atoms with Crippen LogP contribution in [0.3, 0.4) is 0 Å². The molecule has 0 heterocycles. The Balaban J connectivity index is 2.54. The summed E-state index contributed by atoms with van der Waals surface area (Å²) in [5, 5.41) is 11.3. The molecule has 2 aromatic rings. The van der Waals surface area contributed by atoms with Gasteiger partial charge in [0, 0.05) is 20.6 Å². The van der Waals surface area contributed by atoms with Crippen molar-refractivity contribution in [3.63, 3.8) is 0 Å². The highest BCUT2D eigenvalue weighted by Crippen LogP contribution is 2.38. The summed E-state index contributed by atoms with van der Waals surface area (Å²) in [6.45, 7) is 1.96. The number of hydrogen-bond acceptors (Lipinski definition) is 3. The second kappa shape index (κ2) is 6.69. The van der Waals surface area contributed by atoms with Gasteiger partial charge in [0.25, 0.3) is 0 Å². The number of hydrogen-bond donors (Lipinski definition) is 1. The molecule has 0 saturated heterocycles. The van der Waals surface area contributed by atoms with E-state index in [0.29, 0.717) is 27.6 Å². The minimum absolute atomic E-state index is 0.536. The molecule has 21 heavy (non-hydrogen) atoms. The predicted octanol–water partition coefficient (Wildman–Crippen LogP) is 4.51. The highest BCUT2D eigenvalue weighted by atomic mass is 79.9. The van der Waals surface area contributed by atoms with Gasteiger partial charge >= 0.3 is 0 Å². The topological polar surface area (TPSA) is 38.7 Å². The van der Waals surface area contributed by atoms with Crippen LogP contribution in [-0.2, 0) is 0 Å². The van der Waals surface area contributed by atoms with Crippen LogP contribution < -0.4 is 9.47 Å². The van der Waals surface area contributed by atoms with Crippen molar-refractivity contribution in [2.75, 3.05) is 14.2 Å². The molecule has 112 valence electrons. The molecule has 0 aliphatic heterocycles. The maximum Gasteiger partial charge on any atom is 0.126 e. The molecule has 0 fully saturated rings. The van der Waals surface area contributed by atoms with Crippen LogP contribution in [0.25, 0.3) is 0 Å². The van der Waals surface area contributed by atoms with Crippen molar-refractivity contribution in [1.82, 2.24) is 0 Å². The van der Waals surface area contributed by atoms with E-state index in [-0.39, 0.29) is 0 Å². The van der Waals surface area contributed by atoms with Crippen LogP contribution in [0.1, 0.15) is 22.8 Å². The van der Waals surface area contributed by atoms with Crippen molar-refractivity contribution in [1.29, 1.82) is 0 Å². The number of ether oxygens (including phenoxy) is 2. The van der Waals surface area contributed by atoms with E-state index in [9.17, 15) is 5.11 Å². The van der Waals surface area contributed by atoms with E-state index in [1.807, 2.05) is 19.1 Å². The Morgan fingerprint density at radius 1 is 1.05 bits per heavy atom. The zero-order valence-corrected chi connectivity index (χ0v) is 14.3. The quantitative estimate of drug-likeness (QED) is 0.859. The normalized spacial score (nSPS) is 12.1. The fourth-order valence-electron chi connectivity index (χ4n) is 2.14. The van der Waals surface area contributed by atoms with Gasteiger partial charge in [-0.2, -0.15) is 0 Å². The van der Waals surface area contributed by atoms with Gasteiger partial charge < -0.3 is 14.6 Å². The Bertz CT molecular complexity index is 658. The van der Waals surface area contributed by atoms with E-state index in [1.165, 1.54) is 0 Å². The number of aliphatic hydroxyl groups is 1. The average Bonchev–Trinajstić information content (AvgIpc) is 2.48. The highest BCUT2D eigenvalue weighted by molar-refractivity contribution is 9.10. The van der Waals surface area contributed by atoms with Gasteiger partial charge in [-0.25, -0.2) is 0 Å². The van der Waals surface area contributed by atoms with Crippen molar-refractivity contribution in [3.8, 4) is 11.5 Å². The highest BCUT2D eigenvalue weighted by Gasteiger charge is 2.20. The summed E-state index contributed by atoms with van der Waals surface area (Å²) >= 11 is 9.44. The summed E-state index contributed by atoms with van der Waals surface area (Å²) in [6, 6.07) is 8.88. The van der Waals surface area contributed by atoms with Gasteiger partial charge in [0.1, 0.15) is 17.6 Å². The average molecular weight is 372 g/mol. The summed E-state index contributed by atoms with van der Waals surface area (Å²) in [5.41, 5.74) is 2.33. The molecule has 5 heteroatoms. The Labute approximate surface area is 137 Å². The van der Waals surface area contributed by atoms with Crippen LogP contribution in [0.4, 0.5) is 0 Å². The maximum absolute atomic E-state index is 10.7. The first-order chi connectivity index (χ1) is 9.97. The SMILES string of the molecule is COc1cc(Cl)ccc1C(O)c1cc(Br)c(C)cc1OC. The van der Waals surface area contributed by atoms with E-state index in [1.54, 1.807) is 32.4 Å². The first-order valence-electron chi connectivity index (χ1n) is 6.33. The van der Waals surface area contributed by atoms with Gasteiger partial charge in [-0.3, -0.25) is 0 Å². The number of halogens is 2. The van der Waals surface area contributed by atoms with Crippen molar-refractivity contribution in [2.45, 2.75) is 13.0 Å². The summed E-state index contributed by atoms with van der Waals surface area (Å²) in [6.07, 6.45) is -0.871. The first-order valence-corrected chi connectivity index (χ1v) is 7.50. The van der Waals surface area contributed by atoms with E-state index < -0.39 is 6.10 Å². The van der Waals surface area contributed by atoms with Crippen molar-refractivity contribution >= 4 is 27.5 Å². The number of benzene rings is 2. The smallest absolute Gasteiger partial charge is 0.126 e. The molecule has 0 amide bonds. The van der Waals surface area contributed by atoms with E-state index in [2.05, 4.69) is 15.9 Å². The molecular weight excluding hydrogens is 356 g/mol. The van der Waals surface area contributed by atoms with Crippen LogP contribution in [0.5, 0.6) is 11.5 Å². The molecule has 0 spiro atoms. The molecule has 1 atom stereocenters. The van der Waals surface area contributed by atoms with Gasteiger partial charge in [-0.05, 0) is 36.8 Å². The second-order valence-electron chi connectivity index (χ2n) is 4.63. The van der Waals surface area contributed by atoms with Gasteiger partial charge in [0.05, 0.1) is 14.2 Å².